The third-order valence-electron chi connectivity index (χ3n) is 4.73. The number of nitrogens with zero attached hydrogens (tertiary/aromatic N) is 4. The summed E-state index contributed by atoms with van der Waals surface area (Å²) in [7, 11) is 0. The summed E-state index contributed by atoms with van der Waals surface area (Å²) >= 11 is 0.885. The van der Waals surface area contributed by atoms with Crippen LogP contribution in [0, 0.1) is 13.8 Å². The summed E-state index contributed by atoms with van der Waals surface area (Å²) < 4.78 is 45.7. The number of aryl methyl sites for hydroxylation is 1. The summed E-state index contributed by atoms with van der Waals surface area (Å²) in [6.45, 7) is 5.14. The molecule has 0 radical (unpaired) electrons. The number of aromatic amines is 1. The molecule has 0 amide bonds. The van der Waals surface area contributed by atoms with Crippen LogP contribution < -0.4 is 4.90 Å². The van der Waals surface area contributed by atoms with Crippen LogP contribution in [0.25, 0.3) is 0 Å². The molecule has 0 unspecified atom stereocenters. The average Bonchev–Trinajstić information content (AvgIpc) is 3.19. The summed E-state index contributed by atoms with van der Waals surface area (Å²) in [6, 6.07) is 0. The number of nitrogens with one attached hydrogen (secondary N) is 1. The smallest absolute Gasteiger partial charge is 0.378 e. The van der Waals surface area contributed by atoms with Crippen molar-refractivity contribution >= 4 is 29.3 Å². The van der Waals surface area contributed by atoms with E-state index in [4.69, 9.17) is 4.74 Å². The largest absolute Gasteiger partial charge is 0.406 e. The molecule has 0 atom stereocenters. The molecular formula is C18H22F3N5O3S. The van der Waals surface area contributed by atoms with E-state index in [1.54, 1.807) is 18.7 Å². The monoisotopic (exact) mass is 445 g/mol. The van der Waals surface area contributed by atoms with Gasteiger partial charge in [0, 0.05) is 24.3 Å². The van der Waals surface area contributed by atoms with Gasteiger partial charge in [0.25, 0.3) is 0 Å². The summed E-state index contributed by atoms with van der Waals surface area (Å²) in [5.41, 5.74) is 1.86. The molecule has 0 bridgehead atoms. The number of hydrogen-bond donors (Lipinski definition) is 1. The minimum atomic E-state index is -4.47. The second-order valence-corrected chi connectivity index (χ2v) is 7.92. The molecule has 3 rings (SSSR count). The fraction of sp³-hybridized carbons (Fsp3) is 0.556. The minimum Gasteiger partial charge on any atom is -0.378 e. The van der Waals surface area contributed by atoms with Crippen LogP contribution in [0.2, 0.25) is 0 Å². The summed E-state index contributed by atoms with van der Waals surface area (Å²) in [5.74, 6) is -0.524. The van der Waals surface area contributed by atoms with Crippen LogP contribution in [-0.4, -0.2) is 69.5 Å². The van der Waals surface area contributed by atoms with Crippen molar-refractivity contribution in [3.8, 4) is 0 Å². The van der Waals surface area contributed by atoms with Gasteiger partial charge in [-0.15, -0.1) is 10.2 Å². The van der Waals surface area contributed by atoms with Crippen molar-refractivity contribution in [2.24, 2.45) is 0 Å². The van der Waals surface area contributed by atoms with E-state index in [1.807, 2.05) is 0 Å². The van der Waals surface area contributed by atoms with Gasteiger partial charge in [-0.3, -0.25) is 14.2 Å². The van der Waals surface area contributed by atoms with Crippen LogP contribution in [0.15, 0.2) is 5.16 Å². The van der Waals surface area contributed by atoms with Crippen molar-refractivity contribution in [3.63, 3.8) is 0 Å². The normalized spacial score (nSPS) is 14.9. The molecule has 164 valence electrons. The molecule has 0 aliphatic carbocycles. The maximum atomic E-state index is 13.2. The van der Waals surface area contributed by atoms with E-state index in [9.17, 15) is 22.8 Å². The van der Waals surface area contributed by atoms with E-state index < -0.39 is 12.7 Å². The highest BCUT2D eigenvalue weighted by molar-refractivity contribution is 7.99. The number of rotatable bonds is 7. The molecule has 1 aliphatic rings. The first kappa shape index (κ1) is 22.3. The zero-order valence-electron chi connectivity index (χ0n) is 16.8. The number of morpholine rings is 1. The number of ether oxygens (including phenoxy) is 1. The second-order valence-electron chi connectivity index (χ2n) is 6.98. The molecule has 3 heterocycles. The first-order valence-corrected chi connectivity index (χ1v) is 10.3. The van der Waals surface area contributed by atoms with Crippen LogP contribution in [-0.2, 0) is 11.3 Å². The van der Waals surface area contributed by atoms with E-state index in [0.717, 1.165) is 16.3 Å². The SMILES string of the molecule is CC(=O)c1c(C)[nH]c(C(=O)CSc2nnc(N3CCOCC3)n2CC(F)(F)F)c1C. The van der Waals surface area contributed by atoms with E-state index >= 15 is 0 Å². The third-order valence-corrected chi connectivity index (χ3v) is 5.70. The van der Waals surface area contributed by atoms with Crippen LogP contribution >= 0.6 is 11.8 Å². The van der Waals surface area contributed by atoms with Crippen molar-refractivity contribution in [1.29, 1.82) is 0 Å². The Morgan fingerprint density at radius 1 is 1.20 bits per heavy atom. The lowest BCUT2D eigenvalue weighted by Crippen LogP contribution is -2.38. The maximum Gasteiger partial charge on any atom is 0.406 e. The molecule has 0 spiro atoms. The number of carbonyl (C=O) groups is 2. The summed E-state index contributed by atoms with van der Waals surface area (Å²) in [5, 5.41) is 7.83. The highest BCUT2D eigenvalue weighted by Crippen LogP contribution is 2.29. The fourth-order valence-electron chi connectivity index (χ4n) is 3.46. The highest BCUT2D eigenvalue weighted by Gasteiger charge is 2.33. The third kappa shape index (κ3) is 4.86. The van der Waals surface area contributed by atoms with E-state index in [-0.39, 0.29) is 34.1 Å². The lowest BCUT2D eigenvalue weighted by atomic mass is 10.1. The molecule has 1 fully saturated rings. The first-order valence-electron chi connectivity index (χ1n) is 9.27. The Morgan fingerprint density at radius 3 is 2.43 bits per heavy atom. The summed E-state index contributed by atoms with van der Waals surface area (Å²) in [4.78, 5) is 29.0. The number of anilines is 1. The van der Waals surface area contributed by atoms with E-state index in [0.29, 0.717) is 43.1 Å². The molecule has 0 saturated carbocycles. The molecular weight excluding hydrogens is 423 g/mol. The van der Waals surface area contributed by atoms with Gasteiger partial charge in [0.15, 0.2) is 16.7 Å². The fourth-order valence-corrected chi connectivity index (χ4v) is 4.27. The molecule has 0 aromatic carbocycles. The van der Waals surface area contributed by atoms with Crippen molar-refractivity contribution in [2.45, 2.75) is 38.6 Å². The van der Waals surface area contributed by atoms with Crippen molar-refractivity contribution in [1.82, 2.24) is 19.7 Å². The predicted molar refractivity (Wildman–Crippen MR) is 104 cm³/mol. The highest BCUT2D eigenvalue weighted by atomic mass is 32.2. The molecule has 2 aromatic rings. The number of ketones is 2. The Bertz CT molecular complexity index is 948. The topological polar surface area (TPSA) is 93.1 Å². The molecule has 1 N–H and O–H groups in total. The lowest BCUT2D eigenvalue weighted by molar-refractivity contribution is -0.141. The molecule has 1 saturated heterocycles. The maximum absolute atomic E-state index is 13.2. The number of Topliss-reactive ketones (excluding diaryl/α,β-unsaturated/α-hetero) is 2. The Labute approximate surface area is 175 Å². The zero-order valence-corrected chi connectivity index (χ0v) is 17.6. The van der Waals surface area contributed by atoms with Gasteiger partial charge in [-0.1, -0.05) is 11.8 Å². The van der Waals surface area contributed by atoms with Crippen LogP contribution in [0.5, 0.6) is 0 Å². The van der Waals surface area contributed by atoms with Gasteiger partial charge in [-0.2, -0.15) is 13.2 Å². The van der Waals surface area contributed by atoms with Gasteiger partial charge in [-0.25, -0.2) is 0 Å². The molecule has 12 heteroatoms. The van der Waals surface area contributed by atoms with Crippen LogP contribution in [0.4, 0.5) is 19.1 Å². The van der Waals surface area contributed by atoms with Crippen molar-refractivity contribution < 1.29 is 27.5 Å². The molecule has 2 aromatic heterocycles. The first-order chi connectivity index (χ1) is 14.1. The second kappa shape index (κ2) is 8.80. The number of alkyl halides is 3. The molecule has 30 heavy (non-hydrogen) atoms. The van der Waals surface area contributed by atoms with Crippen molar-refractivity contribution in [2.75, 3.05) is 37.0 Å². The van der Waals surface area contributed by atoms with Gasteiger partial charge in [0.2, 0.25) is 5.95 Å². The van der Waals surface area contributed by atoms with Crippen LogP contribution in [0.3, 0.4) is 0 Å². The number of H-pyrrole nitrogens is 1. The number of hydrogen-bond acceptors (Lipinski definition) is 7. The molecule has 1 aliphatic heterocycles. The summed E-state index contributed by atoms with van der Waals surface area (Å²) in [6.07, 6.45) is -4.47. The van der Waals surface area contributed by atoms with Gasteiger partial charge in [0.1, 0.15) is 6.54 Å². The number of halogens is 3. The molecule has 8 nitrogen and oxygen atoms in total. The van der Waals surface area contributed by atoms with Gasteiger partial charge in [-0.05, 0) is 26.3 Å². The quantitative estimate of drug-likeness (QED) is 0.517. The Morgan fingerprint density at radius 2 is 1.87 bits per heavy atom. The zero-order chi connectivity index (χ0) is 22.1. The van der Waals surface area contributed by atoms with Gasteiger partial charge < -0.3 is 14.6 Å². The van der Waals surface area contributed by atoms with Gasteiger partial charge >= 0.3 is 6.18 Å². The van der Waals surface area contributed by atoms with E-state index in [1.165, 1.54) is 6.92 Å². The Kier molecular flexibility index (Phi) is 6.56. The Balaban J connectivity index is 1.81. The minimum absolute atomic E-state index is 0.00916. The number of aromatic nitrogens is 4. The van der Waals surface area contributed by atoms with E-state index in [2.05, 4.69) is 15.2 Å². The average molecular weight is 445 g/mol. The predicted octanol–water partition coefficient (Wildman–Crippen LogP) is 2.80. The standard InChI is InChI=1S/C18H22F3N5O3S/c1-10-14(12(3)27)11(2)22-15(10)13(28)8-30-17-24-23-16(25-4-6-29-7-5-25)26(17)9-18(19,20)21/h22H,4-9H2,1-3H3. The Hall–Kier alpha value is -2.34. The lowest BCUT2D eigenvalue weighted by Gasteiger charge is -2.28. The number of carbonyl (C=O) groups excluding carboxylic acids is 2. The van der Waals surface area contributed by atoms with Crippen molar-refractivity contribution in [3.05, 3.63) is 22.5 Å². The van der Waals surface area contributed by atoms with Gasteiger partial charge in [0.05, 0.1) is 24.7 Å². The number of thioether (sulfide) groups is 1. The van der Waals surface area contributed by atoms with Crippen LogP contribution in [0.1, 0.15) is 39.0 Å².